The van der Waals surface area contributed by atoms with Crippen molar-refractivity contribution < 1.29 is 36.5 Å². The zero-order chi connectivity index (χ0) is 27.6. The molecule has 0 atom stereocenters. The van der Waals surface area contributed by atoms with Crippen molar-refractivity contribution in [1.82, 2.24) is 5.32 Å². The summed E-state index contributed by atoms with van der Waals surface area (Å²) in [6.45, 7) is 0. The third kappa shape index (κ3) is 5.54. The number of esters is 1. The molecule has 38 heavy (non-hydrogen) atoms. The third-order valence-corrected chi connectivity index (χ3v) is 6.96. The van der Waals surface area contributed by atoms with Crippen molar-refractivity contribution in [2.24, 2.45) is 0 Å². The van der Waals surface area contributed by atoms with E-state index in [1.165, 1.54) is 73.8 Å². The number of carbonyl (C=O) groups is 4. The van der Waals surface area contributed by atoms with Crippen molar-refractivity contribution in [3.05, 3.63) is 93.5 Å². The summed E-state index contributed by atoms with van der Waals surface area (Å²) in [7, 11) is -3.12. The van der Waals surface area contributed by atoms with Crippen LogP contribution in [0.25, 0.3) is 6.08 Å². The number of halogens is 2. The number of methoxy groups -OCH3 is 1. The van der Waals surface area contributed by atoms with E-state index in [0.717, 1.165) is 6.08 Å². The maximum absolute atomic E-state index is 13.2. The molecule has 0 saturated carbocycles. The molecule has 3 aromatic rings. The lowest BCUT2D eigenvalue weighted by Gasteiger charge is -2.26. The lowest BCUT2D eigenvalue weighted by atomic mass is 10.1. The van der Waals surface area contributed by atoms with Gasteiger partial charge in [0.15, 0.2) is 0 Å². The number of nitrogens with one attached hydrogen (secondary N) is 1. The van der Waals surface area contributed by atoms with Crippen LogP contribution < -0.4 is 14.4 Å². The summed E-state index contributed by atoms with van der Waals surface area (Å²) >= 11 is 11.9. The van der Waals surface area contributed by atoms with Gasteiger partial charge in [0.05, 0.1) is 18.4 Å². The van der Waals surface area contributed by atoms with Crippen LogP contribution in [0.15, 0.2) is 77.2 Å². The van der Waals surface area contributed by atoms with Crippen LogP contribution in [0.5, 0.6) is 5.75 Å². The molecule has 0 aromatic heterocycles. The zero-order valence-corrected chi connectivity index (χ0v) is 21.6. The number of imide groups is 2. The van der Waals surface area contributed by atoms with Crippen LogP contribution in [0, 0.1) is 0 Å². The van der Waals surface area contributed by atoms with Gasteiger partial charge in [-0.1, -0.05) is 23.2 Å². The molecule has 1 fully saturated rings. The Morgan fingerprint density at radius 3 is 2.18 bits per heavy atom. The molecule has 1 N–H and O–H groups in total. The van der Waals surface area contributed by atoms with Gasteiger partial charge in [-0.05, 0) is 72.8 Å². The quantitative estimate of drug-likeness (QED) is 0.200. The van der Waals surface area contributed by atoms with Crippen LogP contribution in [0.2, 0.25) is 10.0 Å². The van der Waals surface area contributed by atoms with Crippen molar-refractivity contribution in [2.45, 2.75) is 4.90 Å². The van der Waals surface area contributed by atoms with Gasteiger partial charge in [0, 0.05) is 15.6 Å². The summed E-state index contributed by atoms with van der Waals surface area (Å²) in [4.78, 5) is 50.5. The Kier molecular flexibility index (Phi) is 7.53. The van der Waals surface area contributed by atoms with E-state index in [1.54, 1.807) is 0 Å². The SMILES string of the molecule is COC(=O)c1ccc(N2C(=O)NC(=O)/C(=C\c3cc(Cl)ccc3OS(=O)(=O)c3ccc(Cl)cc3)C2=O)cc1. The van der Waals surface area contributed by atoms with E-state index in [1.807, 2.05) is 0 Å². The Labute approximate surface area is 226 Å². The molecule has 0 bridgehead atoms. The van der Waals surface area contributed by atoms with Gasteiger partial charge >= 0.3 is 22.1 Å². The van der Waals surface area contributed by atoms with Crippen LogP contribution in [0.1, 0.15) is 15.9 Å². The Bertz CT molecular complexity index is 1600. The van der Waals surface area contributed by atoms with Crippen LogP contribution in [-0.4, -0.2) is 39.3 Å². The van der Waals surface area contributed by atoms with Crippen LogP contribution in [0.3, 0.4) is 0 Å². The van der Waals surface area contributed by atoms with Crippen molar-refractivity contribution >= 4 is 68.9 Å². The minimum Gasteiger partial charge on any atom is -0.465 e. The first kappa shape index (κ1) is 26.9. The molecule has 1 heterocycles. The van der Waals surface area contributed by atoms with E-state index < -0.39 is 39.5 Å². The first-order valence-corrected chi connectivity index (χ1v) is 12.8. The Hall–Kier alpha value is -4.19. The fourth-order valence-corrected chi connectivity index (χ4v) is 4.65. The Morgan fingerprint density at radius 1 is 0.921 bits per heavy atom. The molecule has 1 aliphatic rings. The number of carbonyl (C=O) groups excluding carboxylic acids is 4. The van der Waals surface area contributed by atoms with E-state index in [4.69, 9.17) is 27.4 Å². The minimum absolute atomic E-state index is 0.0242. The molecular weight excluding hydrogens is 559 g/mol. The van der Waals surface area contributed by atoms with Gasteiger partial charge in [-0.2, -0.15) is 8.42 Å². The minimum atomic E-state index is -4.33. The van der Waals surface area contributed by atoms with Gasteiger partial charge in [0.2, 0.25) is 0 Å². The molecule has 0 unspecified atom stereocenters. The van der Waals surface area contributed by atoms with E-state index in [0.29, 0.717) is 9.92 Å². The van der Waals surface area contributed by atoms with Crippen molar-refractivity contribution in [3.8, 4) is 5.75 Å². The number of ether oxygens (including phenoxy) is 1. The lowest BCUT2D eigenvalue weighted by Crippen LogP contribution is -2.54. The maximum atomic E-state index is 13.2. The summed E-state index contributed by atoms with van der Waals surface area (Å²) in [6, 6.07) is 13.4. The number of benzene rings is 3. The van der Waals surface area contributed by atoms with Crippen LogP contribution >= 0.6 is 23.2 Å². The Morgan fingerprint density at radius 2 is 1.55 bits per heavy atom. The van der Waals surface area contributed by atoms with Gasteiger partial charge in [0.1, 0.15) is 16.2 Å². The number of barbiturate groups is 1. The first-order chi connectivity index (χ1) is 18.0. The number of anilines is 1. The maximum Gasteiger partial charge on any atom is 0.339 e. The molecule has 4 rings (SSSR count). The zero-order valence-electron chi connectivity index (χ0n) is 19.3. The molecular formula is C25H16Cl2N2O8S. The number of hydrogen-bond donors (Lipinski definition) is 1. The molecule has 13 heteroatoms. The smallest absolute Gasteiger partial charge is 0.339 e. The number of amides is 4. The number of hydrogen-bond acceptors (Lipinski definition) is 8. The van der Waals surface area contributed by atoms with Crippen LogP contribution in [0.4, 0.5) is 10.5 Å². The van der Waals surface area contributed by atoms with E-state index in [2.05, 4.69) is 10.1 Å². The van der Waals surface area contributed by atoms with Gasteiger partial charge < -0.3 is 8.92 Å². The van der Waals surface area contributed by atoms with E-state index in [-0.39, 0.29) is 32.5 Å². The lowest BCUT2D eigenvalue weighted by molar-refractivity contribution is -0.122. The first-order valence-electron chi connectivity index (χ1n) is 10.6. The fraction of sp³-hybridized carbons (Fsp3) is 0.0400. The van der Waals surface area contributed by atoms with Crippen molar-refractivity contribution in [1.29, 1.82) is 0 Å². The Balaban J connectivity index is 1.71. The molecule has 1 aliphatic heterocycles. The highest BCUT2D eigenvalue weighted by Crippen LogP contribution is 2.30. The number of urea groups is 1. The molecule has 0 radical (unpaired) electrons. The highest BCUT2D eigenvalue weighted by molar-refractivity contribution is 7.87. The molecule has 1 saturated heterocycles. The van der Waals surface area contributed by atoms with Gasteiger partial charge in [0.25, 0.3) is 11.8 Å². The summed E-state index contributed by atoms with van der Waals surface area (Å²) in [6.07, 6.45) is 1.05. The van der Waals surface area contributed by atoms with E-state index in [9.17, 15) is 27.6 Å². The third-order valence-electron chi connectivity index (χ3n) is 5.22. The molecule has 0 aliphatic carbocycles. The predicted octanol–water partition coefficient (Wildman–Crippen LogP) is 4.21. The summed E-state index contributed by atoms with van der Waals surface area (Å²) in [5.74, 6) is -2.88. The molecule has 0 spiro atoms. The molecule has 194 valence electrons. The average Bonchev–Trinajstić information content (AvgIpc) is 2.88. The number of rotatable bonds is 6. The molecule has 3 aromatic carbocycles. The normalized spacial score (nSPS) is 14.9. The van der Waals surface area contributed by atoms with Crippen molar-refractivity contribution in [2.75, 3.05) is 12.0 Å². The monoisotopic (exact) mass is 574 g/mol. The van der Waals surface area contributed by atoms with Crippen molar-refractivity contribution in [3.63, 3.8) is 0 Å². The second-order valence-corrected chi connectivity index (χ2v) is 10.1. The standard InChI is InChI=1S/C25H16Cl2N2O8S/c1-36-24(32)14-2-7-18(8-3-14)29-23(31)20(22(30)28-25(29)33)13-15-12-17(27)6-11-21(15)37-38(34,35)19-9-4-16(26)5-10-19/h2-13H,1H3,(H,28,30,33)/b20-13+. The molecule has 10 nitrogen and oxygen atoms in total. The van der Waals surface area contributed by atoms with E-state index >= 15 is 0 Å². The molecule has 4 amide bonds. The second-order valence-electron chi connectivity index (χ2n) is 7.67. The summed E-state index contributed by atoms with van der Waals surface area (Å²) < 4.78 is 35.5. The average molecular weight is 575 g/mol. The van der Waals surface area contributed by atoms with Gasteiger partial charge in [-0.25, -0.2) is 14.5 Å². The predicted molar refractivity (Wildman–Crippen MR) is 138 cm³/mol. The highest BCUT2D eigenvalue weighted by atomic mass is 35.5. The van der Waals surface area contributed by atoms with Crippen LogP contribution in [-0.2, 0) is 24.4 Å². The highest BCUT2D eigenvalue weighted by Gasteiger charge is 2.37. The number of nitrogens with zero attached hydrogens (tertiary/aromatic N) is 1. The fourth-order valence-electron chi connectivity index (χ4n) is 3.39. The summed E-state index contributed by atoms with van der Waals surface area (Å²) in [5, 5.41) is 2.53. The largest absolute Gasteiger partial charge is 0.465 e. The topological polar surface area (TPSA) is 136 Å². The summed E-state index contributed by atoms with van der Waals surface area (Å²) in [5.41, 5.74) is -0.288. The van der Waals surface area contributed by atoms with Gasteiger partial charge in [-0.3, -0.25) is 14.9 Å². The second kappa shape index (κ2) is 10.7. The van der Waals surface area contributed by atoms with Gasteiger partial charge in [-0.15, -0.1) is 0 Å².